The summed E-state index contributed by atoms with van der Waals surface area (Å²) >= 11 is 0. The van der Waals surface area contributed by atoms with Crippen LogP contribution >= 0.6 is 0 Å². The van der Waals surface area contributed by atoms with Crippen molar-refractivity contribution in [2.75, 3.05) is 6.61 Å². The lowest BCUT2D eigenvalue weighted by molar-refractivity contribution is 0.118. The highest BCUT2D eigenvalue weighted by molar-refractivity contribution is 5.19. The third-order valence-corrected chi connectivity index (χ3v) is 1.86. The normalized spacial score (nSPS) is 18.6. The molecule has 0 radical (unpaired) electrons. The van der Waals surface area contributed by atoms with Crippen molar-refractivity contribution in [2.45, 2.75) is 12.5 Å². The van der Waals surface area contributed by atoms with E-state index in [2.05, 4.69) is 0 Å². The number of ether oxygens (including phenoxy) is 1. The molecule has 1 aliphatic heterocycles. The Bertz CT molecular complexity index is 274. The Morgan fingerprint density at radius 1 is 1.50 bits per heavy atom. The van der Waals surface area contributed by atoms with E-state index in [1.807, 2.05) is 6.08 Å². The van der Waals surface area contributed by atoms with Gasteiger partial charge in [-0.15, -0.1) is 0 Å². The van der Waals surface area contributed by atoms with Crippen LogP contribution in [0, 0.1) is 0 Å². The van der Waals surface area contributed by atoms with Gasteiger partial charge in [0.1, 0.15) is 11.9 Å². The Balaban J connectivity index is 2.14. The SMILES string of the molecule is OC(C1=CCCO1)c1ccoc1. The standard InChI is InChI=1S/C9H10O3/c10-9(7-3-5-11-6-7)8-2-1-4-12-8/h2-3,5-6,9-10H,1,4H2. The molecule has 64 valence electrons. The molecule has 2 heterocycles. The Morgan fingerprint density at radius 2 is 2.42 bits per heavy atom. The van der Waals surface area contributed by atoms with Crippen LogP contribution in [0.5, 0.6) is 0 Å². The van der Waals surface area contributed by atoms with E-state index in [9.17, 15) is 5.11 Å². The van der Waals surface area contributed by atoms with Crippen LogP contribution in [0.3, 0.4) is 0 Å². The van der Waals surface area contributed by atoms with E-state index in [0.29, 0.717) is 12.4 Å². The molecule has 1 N–H and O–H groups in total. The van der Waals surface area contributed by atoms with Gasteiger partial charge in [0.05, 0.1) is 19.1 Å². The van der Waals surface area contributed by atoms with Crippen LogP contribution in [0.25, 0.3) is 0 Å². The van der Waals surface area contributed by atoms with Crippen molar-refractivity contribution in [1.29, 1.82) is 0 Å². The predicted molar refractivity (Wildman–Crippen MR) is 42.3 cm³/mol. The second-order valence-corrected chi connectivity index (χ2v) is 2.70. The number of aliphatic hydroxyl groups is 1. The molecule has 1 unspecified atom stereocenters. The third-order valence-electron chi connectivity index (χ3n) is 1.86. The van der Waals surface area contributed by atoms with Gasteiger partial charge in [-0.05, 0) is 12.1 Å². The van der Waals surface area contributed by atoms with Crippen molar-refractivity contribution in [3.8, 4) is 0 Å². The summed E-state index contributed by atoms with van der Waals surface area (Å²) in [5, 5.41) is 9.66. The maximum Gasteiger partial charge on any atom is 0.139 e. The number of hydrogen-bond acceptors (Lipinski definition) is 3. The van der Waals surface area contributed by atoms with Crippen molar-refractivity contribution in [2.24, 2.45) is 0 Å². The molecule has 12 heavy (non-hydrogen) atoms. The van der Waals surface area contributed by atoms with Gasteiger partial charge in [-0.1, -0.05) is 0 Å². The van der Waals surface area contributed by atoms with Crippen molar-refractivity contribution >= 4 is 0 Å². The molecule has 0 amide bonds. The molecule has 2 rings (SSSR count). The highest BCUT2D eigenvalue weighted by Gasteiger charge is 2.18. The number of rotatable bonds is 2. The molecule has 0 saturated heterocycles. The summed E-state index contributed by atoms with van der Waals surface area (Å²) in [6, 6.07) is 1.73. The molecule has 0 fully saturated rings. The third kappa shape index (κ3) is 1.23. The number of aliphatic hydroxyl groups excluding tert-OH is 1. The largest absolute Gasteiger partial charge is 0.495 e. The van der Waals surface area contributed by atoms with E-state index in [1.165, 1.54) is 12.5 Å². The Kier molecular flexibility index (Phi) is 1.87. The first-order chi connectivity index (χ1) is 5.88. The Morgan fingerprint density at radius 3 is 3.00 bits per heavy atom. The molecule has 0 bridgehead atoms. The van der Waals surface area contributed by atoms with E-state index in [1.54, 1.807) is 6.07 Å². The molecule has 0 spiro atoms. The highest BCUT2D eigenvalue weighted by Crippen LogP contribution is 2.26. The summed E-state index contributed by atoms with van der Waals surface area (Å²) < 4.78 is 10.1. The fraction of sp³-hybridized carbons (Fsp3) is 0.333. The second-order valence-electron chi connectivity index (χ2n) is 2.70. The lowest BCUT2D eigenvalue weighted by Gasteiger charge is -2.09. The molecule has 0 saturated carbocycles. The summed E-state index contributed by atoms with van der Waals surface area (Å²) in [5.41, 5.74) is 0.739. The van der Waals surface area contributed by atoms with E-state index in [0.717, 1.165) is 12.0 Å². The topological polar surface area (TPSA) is 42.6 Å². The van der Waals surface area contributed by atoms with Crippen LogP contribution in [0.2, 0.25) is 0 Å². The quantitative estimate of drug-likeness (QED) is 0.725. The van der Waals surface area contributed by atoms with Crippen LogP contribution in [0.1, 0.15) is 18.1 Å². The Labute approximate surface area is 70.3 Å². The molecule has 1 aliphatic rings. The molecular formula is C9H10O3. The fourth-order valence-corrected chi connectivity index (χ4v) is 1.22. The summed E-state index contributed by atoms with van der Waals surface area (Å²) in [6.07, 6.45) is 5.18. The summed E-state index contributed by atoms with van der Waals surface area (Å²) in [5.74, 6) is 0.636. The molecule has 1 aromatic heterocycles. The highest BCUT2D eigenvalue weighted by atomic mass is 16.5. The average molecular weight is 166 g/mol. The first kappa shape index (κ1) is 7.43. The molecule has 0 aliphatic carbocycles. The Hall–Kier alpha value is -1.22. The van der Waals surface area contributed by atoms with Gasteiger partial charge in [-0.3, -0.25) is 0 Å². The molecule has 1 atom stereocenters. The van der Waals surface area contributed by atoms with Crippen LogP contribution < -0.4 is 0 Å². The van der Waals surface area contributed by atoms with E-state index in [4.69, 9.17) is 9.15 Å². The molecule has 3 nitrogen and oxygen atoms in total. The minimum absolute atomic E-state index is 0.636. The van der Waals surface area contributed by atoms with Gasteiger partial charge >= 0.3 is 0 Å². The van der Waals surface area contributed by atoms with E-state index < -0.39 is 6.10 Å². The van der Waals surface area contributed by atoms with Crippen molar-refractivity contribution in [3.63, 3.8) is 0 Å². The molecule has 0 aromatic carbocycles. The first-order valence-corrected chi connectivity index (χ1v) is 3.91. The maximum absolute atomic E-state index is 9.66. The zero-order valence-electron chi connectivity index (χ0n) is 6.56. The van der Waals surface area contributed by atoms with Gasteiger partial charge in [0, 0.05) is 12.0 Å². The van der Waals surface area contributed by atoms with Crippen molar-refractivity contribution in [1.82, 2.24) is 0 Å². The van der Waals surface area contributed by atoms with Crippen LogP contribution in [0.15, 0.2) is 34.8 Å². The molecule has 3 heteroatoms. The van der Waals surface area contributed by atoms with E-state index >= 15 is 0 Å². The summed E-state index contributed by atoms with van der Waals surface area (Å²) in [7, 11) is 0. The lowest BCUT2D eigenvalue weighted by Crippen LogP contribution is -2.00. The van der Waals surface area contributed by atoms with Gasteiger partial charge in [0.25, 0.3) is 0 Å². The van der Waals surface area contributed by atoms with Gasteiger partial charge in [-0.25, -0.2) is 0 Å². The zero-order valence-corrected chi connectivity index (χ0v) is 6.56. The number of furan rings is 1. The van der Waals surface area contributed by atoms with Gasteiger partial charge in [0.15, 0.2) is 0 Å². The smallest absolute Gasteiger partial charge is 0.139 e. The predicted octanol–water partition coefficient (Wildman–Crippen LogP) is 1.62. The molecular weight excluding hydrogens is 156 g/mol. The fourth-order valence-electron chi connectivity index (χ4n) is 1.22. The molecule has 1 aromatic rings. The van der Waals surface area contributed by atoms with Crippen LogP contribution in [-0.2, 0) is 4.74 Å². The minimum atomic E-state index is -0.661. The summed E-state index contributed by atoms with van der Waals surface area (Å²) in [4.78, 5) is 0. The lowest BCUT2D eigenvalue weighted by atomic mass is 10.1. The van der Waals surface area contributed by atoms with Crippen molar-refractivity contribution < 1.29 is 14.3 Å². The van der Waals surface area contributed by atoms with Gasteiger partial charge in [-0.2, -0.15) is 0 Å². The number of hydrogen-bond donors (Lipinski definition) is 1. The van der Waals surface area contributed by atoms with Gasteiger partial charge < -0.3 is 14.3 Å². The van der Waals surface area contributed by atoms with Crippen molar-refractivity contribution in [3.05, 3.63) is 36.0 Å². The average Bonchev–Trinajstić information content (AvgIpc) is 2.77. The second kappa shape index (κ2) is 3.03. The summed E-state index contributed by atoms with van der Waals surface area (Å²) in [6.45, 7) is 0.671. The zero-order chi connectivity index (χ0) is 8.39. The van der Waals surface area contributed by atoms with E-state index in [-0.39, 0.29) is 0 Å². The minimum Gasteiger partial charge on any atom is -0.495 e. The van der Waals surface area contributed by atoms with Gasteiger partial charge in [0.2, 0.25) is 0 Å². The van der Waals surface area contributed by atoms with Crippen LogP contribution in [-0.4, -0.2) is 11.7 Å². The first-order valence-electron chi connectivity index (χ1n) is 3.91. The van der Waals surface area contributed by atoms with Crippen LogP contribution in [0.4, 0.5) is 0 Å². The monoisotopic (exact) mass is 166 g/mol. The maximum atomic E-state index is 9.66.